The van der Waals surface area contributed by atoms with E-state index < -0.39 is 11.7 Å². The van der Waals surface area contributed by atoms with Gasteiger partial charge >= 0.3 is 6.18 Å². The first kappa shape index (κ1) is 14.4. The monoisotopic (exact) mass is 271 g/mol. The van der Waals surface area contributed by atoms with Crippen molar-refractivity contribution in [3.8, 4) is 0 Å². The number of nitrogens with one attached hydrogen (secondary N) is 1. The maximum Gasteiger partial charge on any atom is 0.416 e. The lowest BCUT2D eigenvalue weighted by Gasteiger charge is -2.42. The van der Waals surface area contributed by atoms with Crippen molar-refractivity contribution in [1.29, 1.82) is 0 Å². The molecule has 1 aliphatic rings. The Kier molecular flexibility index (Phi) is 3.90. The number of piperidine rings is 1. The van der Waals surface area contributed by atoms with Crippen LogP contribution in [0.3, 0.4) is 0 Å². The van der Waals surface area contributed by atoms with Crippen LogP contribution in [-0.2, 0) is 11.7 Å². The average molecular weight is 271 g/mol. The highest BCUT2D eigenvalue weighted by molar-refractivity contribution is 5.31. The standard InChI is InChI=1S/C15H20F3N/c1-11(2)14(9-3-4-10-19-14)12-5-7-13(8-6-12)15(16,17)18/h5-8,11,19H,3-4,9-10H2,1-2H3. The Balaban J connectivity index is 2.33. The van der Waals surface area contributed by atoms with Crippen LogP contribution >= 0.6 is 0 Å². The topological polar surface area (TPSA) is 12.0 Å². The van der Waals surface area contributed by atoms with Gasteiger partial charge < -0.3 is 5.32 Å². The SMILES string of the molecule is CC(C)C1(c2ccc(C(F)(F)F)cc2)CCCCN1. The van der Waals surface area contributed by atoms with Gasteiger partial charge in [-0.3, -0.25) is 0 Å². The van der Waals surface area contributed by atoms with E-state index in [0.29, 0.717) is 5.92 Å². The first-order valence-corrected chi connectivity index (χ1v) is 6.79. The number of alkyl halides is 3. The van der Waals surface area contributed by atoms with Crippen molar-refractivity contribution in [1.82, 2.24) is 5.32 Å². The number of halogens is 3. The third-order valence-corrected chi connectivity index (χ3v) is 4.15. The van der Waals surface area contributed by atoms with Gasteiger partial charge in [-0.2, -0.15) is 13.2 Å². The minimum Gasteiger partial charge on any atom is -0.307 e. The van der Waals surface area contributed by atoms with Crippen LogP contribution in [0.15, 0.2) is 24.3 Å². The fourth-order valence-electron chi connectivity index (χ4n) is 2.96. The van der Waals surface area contributed by atoms with Crippen molar-refractivity contribution in [3.63, 3.8) is 0 Å². The van der Waals surface area contributed by atoms with E-state index in [1.807, 2.05) is 0 Å². The normalized spacial score (nSPS) is 24.7. The third kappa shape index (κ3) is 2.78. The van der Waals surface area contributed by atoms with Gasteiger partial charge in [0.2, 0.25) is 0 Å². The van der Waals surface area contributed by atoms with Crippen molar-refractivity contribution in [2.45, 2.75) is 44.8 Å². The Morgan fingerprint density at radius 2 is 1.74 bits per heavy atom. The van der Waals surface area contributed by atoms with Crippen LogP contribution in [0.1, 0.15) is 44.2 Å². The summed E-state index contributed by atoms with van der Waals surface area (Å²) in [6.45, 7) is 5.17. The molecule has 0 radical (unpaired) electrons. The molecule has 106 valence electrons. The first-order valence-electron chi connectivity index (χ1n) is 6.79. The Morgan fingerprint density at radius 3 is 2.16 bits per heavy atom. The minimum atomic E-state index is -4.26. The molecule has 19 heavy (non-hydrogen) atoms. The van der Waals surface area contributed by atoms with Gasteiger partial charge in [0.15, 0.2) is 0 Å². The van der Waals surface area contributed by atoms with Crippen LogP contribution in [0.5, 0.6) is 0 Å². The lowest BCUT2D eigenvalue weighted by atomic mass is 9.74. The predicted octanol–water partition coefficient (Wildman–Crippen LogP) is 4.33. The Hall–Kier alpha value is -1.03. The van der Waals surface area contributed by atoms with E-state index in [1.54, 1.807) is 12.1 Å². The molecule has 1 saturated heterocycles. The molecule has 0 aromatic heterocycles. The molecule has 1 fully saturated rings. The first-order chi connectivity index (χ1) is 8.86. The van der Waals surface area contributed by atoms with Gasteiger partial charge in [-0.25, -0.2) is 0 Å². The summed E-state index contributed by atoms with van der Waals surface area (Å²) in [5, 5.41) is 3.53. The summed E-state index contributed by atoms with van der Waals surface area (Å²) in [6.07, 6.45) is -1.03. The maximum absolute atomic E-state index is 12.6. The molecule has 0 aliphatic carbocycles. The van der Waals surface area contributed by atoms with Gasteiger partial charge in [-0.1, -0.05) is 26.0 Å². The van der Waals surface area contributed by atoms with E-state index in [4.69, 9.17) is 0 Å². The van der Waals surface area contributed by atoms with Crippen molar-refractivity contribution >= 4 is 0 Å². The van der Waals surface area contributed by atoms with Crippen molar-refractivity contribution in [2.75, 3.05) is 6.54 Å². The van der Waals surface area contributed by atoms with Gasteiger partial charge in [-0.15, -0.1) is 0 Å². The molecule has 1 heterocycles. The van der Waals surface area contributed by atoms with Crippen LogP contribution < -0.4 is 5.32 Å². The summed E-state index contributed by atoms with van der Waals surface area (Å²) in [6, 6.07) is 5.63. The molecule has 4 heteroatoms. The predicted molar refractivity (Wildman–Crippen MR) is 69.8 cm³/mol. The summed E-state index contributed by atoms with van der Waals surface area (Å²) in [7, 11) is 0. The molecule has 0 spiro atoms. The fraction of sp³-hybridized carbons (Fsp3) is 0.600. The van der Waals surface area contributed by atoms with Crippen LogP contribution in [0.2, 0.25) is 0 Å². The minimum absolute atomic E-state index is 0.178. The fourth-order valence-corrected chi connectivity index (χ4v) is 2.96. The summed E-state index contributed by atoms with van der Waals surface area (Å²) in [4.78, 5) is 0. The second-order valence-corrected chi connectivity index (χ2v) is 5.59. The molecule has 1 N–H and O–H groups in total. The van der Waals surface area contributed by atoms with Crippen LogP contribution in [-0.4, -0.2) is 6.54 Å². The average Bonchev–Trinajstić information content (AvgIpc) is 2.38. The highest BCUT2D eigenvalue weighted by Gasteiger charge is 2.37. The molecule has 0 saturated carbocycles. The molecule has 1 unspecified atom stereocenters. The second-order valence-electron chi connectivity index (χ2n) is 5.59. The molecule has 0 bridgehead atoms. The highest BCUT2D eigenvalue weighted by atomic mass is 19.4. The van der Waals surface area contributed by atoms with E-state index in [0.717, 1.165) is 31.4 Å². The smallest absolute Gasteiger partial charge is 0.307 e. The lowest BCUT2D eigenvalue weighted by Crippen LogP contribution is -2.49. The molecular weight excluding hydrogens is 251 g/mol. The maximum atomic E-state index is 12.6. The molecule has 2 rings (SSSR count). The van der Waals surface area contributed by atoms with Gasteiger partial charge in [0, 0.05) is 5.54 Å². The Morgan fingerprint density at radius 1 is 1.11 bits per heavy atom. The zero-order chi connectivity index (χ0) is 14.1. The number of rotatable bonds is 2. The van der Waals surface area contributed by atoms with Gasteiger partial charge in [0.1, 0.15) is 0 Å². The number of benzene rings is 1. The largest absolute Gasteiger partial charge is 0.416 e. The lowest BCUT2D eigenvalue weighted by molar-refractivity contribution is -0.137. The number of hydrogen-bond donors (Lipinski definition) is 1. The molecule has 1 aromatic carbocycles. The van der Waals surface area contributed by atoms with Crippen LogP contribution in [0.4, 0.5) is 13.2 Å². The zero-order valence-electron chi connectivity index (χ0n) is 11.3. The highest BCUT2D eigenvalue weighted by Crippen LogP contribution is 2.38. The van der Waals surface area contributed by atoms with Gasteiger partial charge in [0.25, 0.3) is 0 Å². The van der Waals surface area contributed by atoms with Crippen molar-refractivity contribution in [3.05, 3.63) is 35.4 Å². The van der Waals surface area contributed by atoms with Crippen LogP contribution in [0, 0.1) is 5.92 Å². The zero-order valence-corrected chi connectivity index (χ0v) is 11.3. The van der Waals surface area contributed by atoms with Crippen molar-refractivity contribution < 1.29 is 13.2 Å². The number of hydrogen-bond acceptors (Lipinski definition) is 1. The summed E-state index contributed by atoms with van der Waals surface area (Å²) >= 11 is 0. The molecule has 0 amide bonds. The quantitative estimate of drug-likeness (QED) is 0.844. The van der Waals surface area contributed by atoms with E-state index >= 15 is 0 Å². The van der Waals surface area contributed by atoms with E-state index in [9.17, 15) is 13.2 Å². The molecule has 1 nitrogen and oxygen atoms in total. The molecule has 1 aromatic rings. The molecule has 1 aliphatic heterocycles. The summed E-state index contributed by atoms with van der Waals surface area (Å²) in [5.41, 5.74) is 0.212. The Labute approximate surface area is 112 Å². The van der Waals surface area contributed by atoms with E-state index in [2.05, 4.69) is 19.2 Å². The summed E-state index contributed by atoms with van der Waals surface area (Å²) < 4.78 is 37.8. The van der Waals surface area contributed by atoms with E-state index in [-0.39, 0.29) is 5.54 Å². The summed E-state index contributed by atoms with van der Waals surface area (Å²) in [5.74, 6) is 0.351. The van der Waals surface area contributed by atoms with Gasteiger partial charge in [-0.05, 0) is 49.4 Å². The molecule has 1 atom stereocenters. The van der Waals surface area contributed by atoms with E-state index in [1.165, 1.54) is 12.1 Å². The Bertz CT molecular complexity index is 414. The van der Waals surface area contributed by atoms with Crippen LogP contribution in [0.25, 0.3) is 0 Å². The second kappa shape index (κ2) is 5.16. The van der Waals surface area contributed by atoms with Crippen molar-refractivity contribution in [2.24, 2.45) is 5.92 Å². The third-order valence-electron chi connectivity index (χ3n) is 4.15. The van der Waals surface area contributed by atoms with Gasteiger partial charge in [0.05, 0.1) is 5.56 Å². The molecular formula is C15H20F3N.